The molecule has 6 heteroatoms. The number of aliphatic hydroxyl groups excluding tert-OH is 1. The summed E-state index contributed by atoms with van der Waals surface area (Å²) < 4.78 is 5.17. The molecule has 0 spiro atoms. The number of nitrogens with zero attached hydrogens (tertiary/aromatic N) is 1. The van der Waals surface area contributed by atoms with Gasteiger partial charge in [0, 0.05) is 31.3 Å². The van der Waals surface area contributed by atoms with Crippen LogP contribution in [0.1, 0.15) is 38.7 Å². The van der Waals surface area contributed by atoms with E-state index >= 15 is 0 Å². The summed E-state index contributed by atoms with van der Waals surface area (Å²) in [5.74, 6) is 2.01. The minimum Gasteiger partial charge on any atom is -0.497 e. The Hall–Kier alpha value is -1.46. The lowest BCUT2D eigenvalue weighted by atomic mass is 10.0. The van der Waals surface area contributed by atoms with E-state index in [-0.39, 0.29) is 6.61 Å². The molecule has 0 fully saturated rings. The standard InChI is InChI=1S/C19H32ClN3O2/c1-4-6-15(10-12-24)14-23-19(21-5-2)22-11-9-16-7-8-17(25-3)13-18(16)20/h7-8,13,15,24H,4-6,9-12,14H2,1-3H3,(H2,21,22,23). The molecule has 1 atom stereocenters. The van der Waals surface area contributed by atoms with Gasteiger partial charge < -0.3 is 20.5 Å². The smallest absolute Gasteiger partial charge is 0.191 e. The van der Waals surface area contributed by atoms with E-state index < -0.39 is 0 Å². The van der Waals surface area contributed by atoms with E-state index in [0.717, 1.165) is 62.6 Å². The fourth-order valence-corrected chi connectivity index (χ4v) is 2.92. The molecule has 1 aromatic carbocycles. The van der Waals surface area contributed by atoms with Crippen molar-refractivity contribution in [2.45, 2.75) is 39.5 Å². The molecule has 1 aromatic rings. The van der Waals surface area contributed by atoms with E-state index in [1.165, 1.54) is 0 Å². The van der Waals surface area contributed by atoms with Gasteiger partial charge in [-0.05, 0) is 49.8 Å². The van der Waals surface area contributed by atoms with Crippen LogP contribution in [0.15, 0.2) is 23.2 Å². The molecular weight excluding hydrogens is 338 g/mol. The van der Waals surface area contributed by atoms with Crippen LogP contribution in [0.5, 0.6) is 5.75 Å². The molecular formula is C19H32ClN3O2. The summed E-state index contributed by atoms with van der Waals surface area (Å²) in [4.78, 5) is 4.66. The highest BCUT2D eigenvalue weighted by molar-refractivity contribution is 6.31. The van der Waals surface area contributed by atoms with Crippen LogP contribution in [0.3, 0.4) is 0 Å². The van der Waals surface area contributed by atoms with E-state index in [1.54, 1.807) is 7.11 Å². The lowest BCUT2D eigenvalue weighted by molar-refractivity contribution is 0.253. The van der Waals surface area contributed by atoms with Crippen LogP contribution >= 0.6 is 11.6 Å². The number of hydrogen-bond acceptors (Lipinski definition) is 3. The van der Waals surface area contributed by atoms with Crippen molar-refractivity contribution in [1.29, 1.82) is 0 Å². The van der Waals surface area contributed by atoms with Gasteiger partial charge in [0.15, 0.2) is 5.96 Å². The third-order valence-corrected chi connectivity index (χ3v) is 4.38. The van der Waals surface area contributed by atoms with E-state index in [4.69, 9.17) is 21.4 Å². The number of ether oxygens (including phenoxy) is 1. The Morgan fingerprint density at radius 3 is 2.68 bits per heavy atom. The fourth-order valence-electron chi connectivity index (χ4n) is 2.65. The summed E-state index contributed by atoms with van der Waals surface area (Å²) in [6, 6.07) is 5.75. The quantitative estimate of drug-likeness (QED) is 0.414. The zero-order valence-electron chi connectivity index (χ0n) is 15.6. The lowest BCUT2D eigenvalue weighted by Gasteiger charge is -2.15. The number of methoxy groups -OCH3 is 1. The Labute approximate surface area is 156 Å². The number of aliphatic imine (C=N–C) groups is 1. The first kappa shape index (κ1) is 21.6. The molecule has 0 amide bonds. The first-order valence-corrected chi connectivity index (χ1v) is 9.47. The average Bonchev–Trinajstić information content (AvgIpc) is 2.61. The molecule has 0 aliphatic carbocycles. The molecule has 0 aromatic heterocycles. The monoisotopic (exact) mass is 369 g/mol. The summed E-state index contributed by atoms with van der Waals surface area (Å²) in [6.45, 7) is 6.72. The van der Waals surface area contributed by atoms with Gasteiger partial charge in [0.2, 0.25) is 0 Å². The number of nitrogens with one attached hydrogen (secondary N) is 2. The predicted octanol–water partition coefficient (Wildman–Crippen LogP) is 3.24. The highest BCUT2D eigenvalue weighted by Gasteiger charge is 2.08. The normalized spacial score (nSPS) is 12.8. The van der Waals surface area contributed by atoms with Gasteiger partial charge in [-0.3, -0.25) is 4.99 Å². The number of hydrogen-bond donors (Lipinski definition) is 3. The van der Waals surface area contributed by atoms with Crippen molar-refractivity contribution < 1.29 is 9.84 Å². The molecule has 0 saturated carbocycles. The maximum Gasteiger partial charge on any atom is 0.191 e. The van der Waals surface area contributed by atoms with Crippen molar-refractivity contribution in [3.8, 4) is 5.75 Å². The van der Waals surface area contributed by atoms with Crippen LogP contribution in [-0.2, 0) is 6.42 Å². The molecule has 0 heterocycles. The number of guanidine groups is 1. The summed E-state index contributed by atoms with van der Waals surface area (Å²) in [5, 5.41) is 16.5. The summed E-state index contributed by atoms with van der Waals surface area (Å²) >= 11 is 6.28. The molecule has 0 bridgehead atoms. The molecule has 1 unspecified atom stereocenters. The van der Waals surface area contributed by atoms with Crippen LogP contribution < -0.4 is 15.4 Å². The minimum absolute atomic E-state index is 0.222. The summed E-state index contributed by atoms with van der Waals surface area (Å²) in [7, 11) is 1.63. The second-order valence-electron chi connectivity index (χ2n) is 6.02. The van der Waals surface area contributed by atoms with E-state index in [1.807, 2.05) is 18.2 Å². The maximum atomic E-state index is 9.16. The Balaban J connectivity index is 2.55. The lowest BCUT2D eigenvalue weighted by Crippen LogP contribution is -2.38. The SMILES string of the molecule is CCCC(CCO)CN=C(NCC)NCCc1ccc(OC)cc1Cl. The molecule has 0 aliphatic rings. The molecule has 142 valence electrons. The van der Waals surface area contributed by atoms with Crippen molar-refractivity contribution in [3.05, 3.63) is 28.8 Å². The molecule has 0 saturated heterocycles. The van der Waals surface area contributed by atoms with Crippen LogP contribution in [0, 0.1) is 5.92 Å². The second kappa shape index (κ2) is 12.8. The van der Waals surface area contributed by atoms with Gasteiger partial charge in [-0.15, -0.1) is 0 Å². The second-order valence-corrected chi connectivity index (χ2v) is 6.43. The van der Waals surface area contributed by atoms with Gasteiger partial charge in [-0.25, -0.2) is 0 Å². The van der Waals surface area contributed by atoms with E-state index in [0.29, 0.717) is 10.9 Å². The van der Waals surface area contributed by atoms with Gasteiger partial charge in [-0.2, -0.15) is 0 Å². The fraction of sp³-hybridized carbons (Fsp3) is 0.632. The zero-order valence-corrected chi connectivity index (χ0v) is 16.4. The Morgan fingerprint density at radius 2 is 2.08 bits per heavy atom. The first-order chi connectivity index (χ1) is 12.1. The van der Waals surface area contributed by atoms with Crippen molar-refractivity contribution in [1.82, 2.24) is 10.6 Å². The van der Waals surface area contributed by atoms with Gasteiger partial charge in [0.05, 0.1) is 7.11 Å². The van der Waals surface area contributed by atoms with Crippen molar-refractivity contribution in [2.75, 3.05) is 33.4 Å². The van der Waals surface area contributed by atoms with Gasteiger partial charge in [0.25, 0.3) is 0 Å². The highest BCUT2D eigenvalue weighted by Crippen LogP contribution is 2.22. The third kappa shape index (κ3) is 8.45. The molecule has 1 rings (SSSR count). The number of halogens is 1. The van der Waals surface area contributed by atoms with E-state index in [2.05, 4.69) is 29.5 Å². The largest absolute Gasteiger partial charge is 0.497 e. The Morgan fingerprint density at radius 1 is 1.28 bits per heavy atom. The zero-order chi connectivity index (χ0) is 18.5. The maximum absolute atomic E-state index is 9.16. The van der Waals surface area contributed by atoms with Crippen LogP contribution in [0.4, 0.5) is 0 Å². The van der Waals surface area contributed by atoms with Crippen LogP contribution in [0.25, 0.3) is 0 Å². The van der Waals surface area contributed by atoms with Gasteiger partial charge in [0.1, 0.15) is 5.75 Å². The molecule has 3 N–H and O–H groups in total. The summed E-state index contributed by atoms with van der Waals surface area (Å²) in [5.41, 5.74) is 1.08. The van der Waals surface area contributed by atoms with Gasteiger partial charge in [-0.1, -0.05) is 31.0 Å². The Kier molecular flexibility index (Phi) is 11.1. The summed E-state index contributed by atoms with van der Waals surface area (Å²) in [6.07, 6.45) is 3.81. The van der Waals surface area contributed by atoms with Crippen molar-refractivity contribution in [2.24, 2.45) is 10.9 Å². The van der Waals surface area contributed by atoms with Gasteiger partial charge >= 0.3 is 0 Å². The highest BCUT2D eigenvalue weighted by atomic mass is 35.5. The first-order valence-electron chi connectivity index (χ1n) is 9.10. The molecule has 5 nitrogen and oxygen atoms in total. The Bertz CT molecular complexity index is 517. The topological polar surface area (TPSA) is 65.9 Å². The molecule has 0 aliphatic heterocycles. The van der Waals surface area contributed by atoms with Crippen LogP contribution in [0.2, 0.25) is 5.02 Å². The number of benzene rings is 1. The van der Waals surface area contributed by atoms with Crippen molar-refractivity contribution >= 4 is 17.6 Å². The van der Waals surface area contributed by atoms with Crippen molar-refractivity contribution in [3.63, 3.8) is 0 Å². The minimum atomic E-state index is 0.222. The molecule has 25 heavy (non-hydrogen) atoms. The number of aliphatic hydroxyl groups is 1. The van der Waals surface area contributed by atoms with E-state index in [9.17, 15) is 0 Å². The molecule has 0 radical (unpaired) electrons. The average molecular weight is 370 g/mol. The predicted molar refractivity (Wildman–Crippen MR) is 106 cm³/mol. The third-order valence-electron chi connectivity index (χ3n) is 4.03. The van der Waals surface area contributed by atoms with Crippen LogP contribution in [-0.4, -0.2) is 44.4 Å². The number of rotatable bonds is 11.